The molecular weight excluding hydrogens is 274 g/mol. The lowest BCUT2D eigenvalue weighted by Crippen LogP contribution is -2.34. The minimum Gasteiger partial charge on any atom is -0.491 e. The normalized spacial score (nSPS) is 10.7. The molecule has 0 heterocycles. The lowest BCUT2D eigenvalue weighted by molar-refractivity contribution is 0.0516. The van der Waals surface area contributed by atoms with Crippen molar-refractivity contribution >= 4 is 12.1 Å². The Hall–Kier alpha value is -2.24. The highest BCUT2D eigenvalue weighted by Crippen LogP contribution is 2.18. The van der Waals surface area contributed by atoms with Crippen LogP contribution in [0.2, 0.25) is 0 Å². The molecule has 1 N–H and O–H groups in total. The molecule has 0 spiro atoms. The maximum atomic E-state index is 11.5. The van der Waals surface area contributed by atoms with Gasteiger partial charge in [0.1, 0.15) is 23.5 Å². The van der Waals surface area contributed by atoms with E-state index in [0.29, 0.717) is 11.3 Å². The summed E-state index contributed by atoms with van der Waals surface area (Å²) in [5.41, 5.74) is -0.195. The summed E-state index contributed by atoms with van der Waals surface area (Å²) in [5.74, 6) is -0.0546. The third kappa shape index (κ3) is 6.16. The van der Waals surface area contributed by atoms with Gasteiger partial charge in [0.05, 0.1) is 13.7 Å². The molecule has 1 aromatic rings. The molecule has 0 unspecified atom stereocenters. The quantitative estimate of drug-likeness (QED) is 0.667. The maximum absolute atomic E-state index is 11.5. The van der Waals surface area contributed by atoms with E-state index in [9.17, 15) is 9.59 Å². The fourth-order valence-corrected chi connectivity index (χ4v) is 1.50. The summed E-state index contributed by atoms with van der Waals surface area (Å²) in [7, 11) is 1.31. The van der Waals surface area contributed by atoms with Crippen LogP contribution in [0.1, 0.15) is 31.1 Å². The molecule has 0 saturated heterocycles. The fourth-order valence-electron chi connectivity index (χ4n) is 1.50. The Bertz CT molecular complexity index is 493. The summed E-state index contributed by atoms with van der Waals surface area (Å²) in [6.07, 6.45) is -0.507. The first-order valence-electron chi connectivity index (χ1n) is 6.60. The average Bonchev–Trinajstić information content (AvgIpc) is 2.41. The van der Waals surface area contributed by atoms with Gasteiger partial charge in [0.2, 0.25) is 0 Å². The molecular formula is C15H21NO5. The largest absolute Gasteiger partial charge is 0.491 e. The van der Waals surface area contributed by atoms with Gasteiger partial charge in [-0.2, -0.15) is 0 Å². The number of carbonyl (C=O) groups is 2. The van der Waals surface area contributed by atoms with Gasteiger partial charge >= 0.3 is 12.1 Å². The second-order valence-corrected chi connectivity index (χ2v) is 5.26. The molecule has 0 aliphatic rings. The highest BCUT2D eigenvalue weighted by molar-refractivity contribution is 5.92. The van der Waals surface area contributed by atoms with Crippen molar-refractivity contribution in [2.45, 2.75) is 26.4 Å². The molecule has 0 fully saturated rings. The topological polar surface area (TPSA) is 73.9 Å². The van der Waals surface area contributed by atoms with Gasteiger partial charge in [-0.1, -0.05) is 12.1 Å². The van der Waals surface area contributed by atoms with Crippen LogP contribution in [-0.4, -0.2) is 37.9 Å². The Morgan fingerprint density at radius 3 is 2.48 bits per heavy atom. The van der Waals surface area contributed by atoms with E-state index in [1.807, 2.05) is 0 Å². The number of carbonyl (C=O) groups excluding carboxylic acids is 2. The first kappa shape index (κ1) is 16.8. The van der Waals surface area contributed by atoms with Crippen molar-refractivity contribution in [2.24, 2.45) is 0 Å². The fraction of sp³-hybridized carbons (Fsp3) is 0.467. The summed E-state index contributed by atoms with van der Waals surface area (Å²) in [4.78, 5) is 23.0. The minimum atomic E-state index is -0.539. The van der Waals surface area contributed by atoms with Gasteiger partial charge in [0.15, 0.2) is 0 Å². The summed E-state index contributed by atoms with van der Waals surface area (Å²) in [6, 6.07) is 6.75. The number of methoxy groups -OCH3 is 1. The lowest BCUT2D eigenvalue weighted by atomic mass is 10.2. The standard InChI is InChI=1S/C15H21NO5/c1-15(2,3)21-14(18)16-9-10-20-12-8-6-5-7-11(12)13(17)19-4/h5-8H,9-10H2,1-4H3,(H,16,18). The van der Waals surface area contributed by atoms with Crippen LogP contribution in [0.25, 0.3) is 0 Å². The number of rotatable bonds is 5. The van der Waals surface area contributed by atoms with E-state index < -0.39 is 17.7 Å². The second-order valence-electron chi connectivity index (χ2n) is 5.26. The lowest BCUT2D eigenvalue weighted by Gasteiger charge is -2.19. The van der Waals surface area contributed by atoms with Crippen molar-refractivity contribution in [3.8, 4) is 5.75 Å². The Kier molecular flexibility index (Phi) is 6.02. The Balaban J connectivity index is 2.43. The van der Waals surface area contributed by atoms with E-state index in [1.54, 1.807) is 45.0 Å². The molecule has 0 bridgehead atoms. The van der Waals surface area contributed by atoms with Crippen LogP contribution in [0.4, 0.5) is 4.79 Å². The van der Waals surface area contributed by atoms with Crippen LogP contribution in [0, 0.1) is 0 Å². The predicted octanol–water partition coefficient (Wildman–Crippen LogP) is 2.38. The van der Waals surface area contributed by atoms with Crippen LogP contribution >= 0.6 is 0 Å². The number of benzene rings is 1. The van der Waals surface area contributed by atoms with Crippen LogP contribution < -0.4 is 10.1 Å². The molecule has 0 atom stereocenters. The van der Waals surface area contributed by atoms with Gasteiger partial charge in [0, 0.05) is 0 Å². The molecule has 1 amide bonds. The van der Waals surface area contributed by atoms with Gasteiger partial charge in [-0.25, -0.2) is 9.59 Å². The van der Waals surface area contributed by atoms with E-state index in [4.69, 9.17) is 9.47 Å². The first-order chi connectivity index (χ1) is 9.83. The highest BCUT2D eigenvalue weighted by atomic mass is 16.6. The number of esters is 1. The molecule has 1 aromatic carbocycles. The van der Waals surface area contributed by atoms with Crippen molar-refractivity contribution in [1.29, 1.82) is 0 Å². The zero-order chi connectivity index (χ0) is 15.9. The second kappa shape index (κ2) is 7.52. The number of alkyl carbamates (subject to hydrolysis) is 1. The van der Waals surface area contributed by atoms with Crippen molar-refractivity contribution < 1.29 is 23.8 Å². The molecule has 0 aliphatic heterocycles. The van der Waals surface area contributed by atoms with E-state index in [2.05, 4.69) is 10.1 Å². The van der Waals surface area contributed by atoms with E-state index >= 15 is 0 Å². The monoisotopic (exact) mass is 295 g/mol. The first-order valence-corrected chi connectivity index (χ1v) is 6.60. The third-order valence-corrected chi connectivity index (χ3v) is 2.32. The smallest absolute Gasteiger partial charge is 0.407 e. The molecule has 0 saturated carbocycles. The van der Waals surface area contributed by atoms with Gasteiger partial charge in [-0.3, -0.25) is 0 Å². The molecule has 0 radical (unpaired) electrons. The van der Waals surface area contributed by atoms with Crippen molar-refractivity contribution in [2.75, 3.05) is 20.3 Å². The Morgan fingerprint density at radius 1 is 1.19 bits per heavy atom. The third-order valence-electron chi connectivity index (χ3n) is 2.32. The van der Waals surface area contributed by atoms with Gasteiger partial charge in [0.25, 0.3) is 0 Å². The van der Waals surface area contributed by atoms with E-state index in [0.717, 1.165) is 0 Å². The van der Waals surface area contributed by atoms with Gasteiger partial charge in [-0.05, 0) is 32.9 Å². The Labute approximate surface area is 124 Å². The summed E-state index contributed by atoms with van der Waals surface area (Å²) < 4.78 is 15.2. The zero-order valence-corrected chi connectivity index (χ0v) is 12.8. The van der Waals surface area contributed by atoms with Crippen LogP contribution in [0.5, 0.6) is 5.75 Å². The molecule has 1 rings (SSSR count). The SMILES string of the molecule is COC(=O)c1ccccc1OCCNC(=O)OC(C)(C)C. The van der Waals surface area contributed by atoms with Crippen molar-refractivity contribution in [3.05, 3.63) is 29.8 Å². The van der Waals surface area contributed by atoms with Crippen LogP contribution in [-0.2, 0) is 9.47 Å². The number of hydrogen-bond acceptors (Lipinski definition) is 5. The number of ether oxygens (including phenoxy) is 3. The number of amides is 1. The summed E-state index contributed by atoms with van der Waals surface area (Å²) >= 11 is 0. The van der Waals surface area contributed by atoms with E-state index in [1.165, 1.54) is 7.11 Å². The van der Waals surface area contributed by atoms with Gasteiger partial charge in [-0.15, -0.1) is 0 Å². The summed E-state index contributed by atoms with van der Waals surface area (Å²) in [5, 5.41) is 2.57. The van der Waals surface area contributed by atoms with Crippen LogP contribution in [0.15, 0.2) is 24.3 Å². The molecule has 0 aromatic heterocycles. The molecule has 0 aliphatic carbocycles. The van der Waals surface area contributed by atoms with Crippen molar-refractivity contribution in [3.63, 3.8) is 0 Å². The number of hydrogen-bond donors (Lipinski definition) is 1. The zero-order valence-electron chi connectivity index (χ0n) is 12.8. The molecule has 6 nitrogen and oxygen atoms in total. The molecule has 21 heavy (non-hydrogen) atoms. The molecule has 6 heteroatoms. The van der Waals surface area contributed by atoms with Gasteiger partial charge < -0.3 is 19.5 Å². The number of para-hydroxylation sites is 1. The minimum absolute atomic E-state index is 0.216. The van der Waals surface area contributed by atoms with E-state index in [-0.39, 0.29) is 13.2 Å². The highest BCUT2D eigenvalue weighted by Gasteiger charge is 2.16. The van der Waals surface area contributed by atoms with Crippen molar-refractivity contribution in [1.82, 2.24) is 5.32 Å². The average molecular weight is 295 g/mol. The number of nitrogens with one attached hydrogen (secondary N) is 1. The Morgan fingerprint density at radius 2 is 1.86 bits per heavy atom. The van der Waals surface area contributed by atoms with Crippen LogP contribution in [0.3, 0.4) is 0 Å². The predicted molar refractivity (Wildman–Crippen MR) is 77.5 cm³/mol. The molecule has 116 valence electrons. The summed E-state index contributed by atoms with van der Waals surface area (Å²) in [6.45, 7) is 5.85. The maximum Gasteiger partial charge on any atom is 0.407 e.